The topological polar surface area (TPSA) is 72.9 Å². The van der Waals surface area contributed by atoms with Crippen LogP contribution in [0.3, 0.4) is 0 Å². The first-order valence-corrected chi connectivity index (χ1v) is 7.39. The highest BCUT2D eigenvalue weighted by Crippen LogP contribution is 2.31. The molecule has 0 unspecified atom stereocenters. The van der Waals surface area contributed by atoms with Gasteiger partial charge < -0.3 is 11.1 Å². The van der Waals surface area contributed by atoms with Crippen LogP contribution >= 0.6 is 12.4 Å². The Morgan fingerprint density at radius 2 is 2.09 bits per heavy atom. The van der Waals surface area contributed by atoms with E-state index in [1.54, 1.807) is 10.9 Å². The number of halogens is 1. The van der Waals surface area contributed by atoms with Crippen LogP contribution in [-0.4, -0.2) is 22.2 Å². The Kier molecular flexibility index (Phi) is 5.57. The van der Waals surface area contributed by atoms with Crippen LogP contribution in [0.2, 0.25) is 0 Å². The van der Waals surface area contributed by atoms with Gasteiger partial charge in [-0.15, -0.1) is 12.4 Å². The lowest BCUT2D eigenvalue weighted by atomic mass is 9.95. The number of rotatable bonds is 4. The maximum atomic E-state index is 12.3. The number of carbonyl (C=O) groups excluding carboxylic acids is 1. The molecular formula is C16H21ClN4O. The van der Waals surface area contributed by atoms with E-state index in [0.717, 1.165) is 30.6 Å². The third-order valence-electron chi connectivity index (χ3n) is 4.20. The zero-order chi connectivity index (χ0) is 14.7. The second kappa shape index (κ2) is 7.42. The molecule has 0 aliphatic heterocycles. The molecule has 1 aromatic heterocycles. The van der Waals surface area contributed by atoms with Crippen molar-refractivity contribution in [1.82, 2.24) is 9.78 Å². The predicted molar refractivity (Wildman–Crippen MR) is 89.3 cm³/mol. The number of hydrogen-bond donors (Lipinski definition) is 2. The van der Waals surface area contributed by atoms with Crippen molar-refractivity contribution in [3.8, 4) is 5.69 Å². The number of anilines is 1. The Bertz CT molecular complexity index is 597. The molecule has 1 fully saturated rings. The molecule has 118 valence electrons. The molecule has 2 aromatic rings. The summed E-state index contributed by atoms with van der Waals surface area (Å²) in [6, 6.07) is 9.57. The zero-order valence-corrected chi connectivity index (χ0v) is 13.1. The molecule has 22 heavy (non-hydrogen) atoms. The lowest BCUT2D eigenvalue weighted by Gasteiger charge is -2.17. The van der Waals surface area contributed by atoms with Gasteiger partial charge in [0, 0.05) is 24.0 Å². The van der Waals surface area contributed by atoms with E-state index in [9.17, 15) is 4.79 Å². The molecule has 0 saturated heterocycles. The molecule has 6 heteroatoms. The summed E-state index contributed by atoms with van der Waals surface area (Å²) < 4.78 is 1.78. The molecule has 1 aliphatic carbocycles. The summed E-state index contributed by atoms with van der Waals surface area (Å²) in [5.74, 6) is 0.476. The third-order valence-corrected chi connectivity index (χ3v) is 4.20. The van der Waals surface area contributed by atoms with Crippen LogP contribution in [0.5, 0.6) is 0 Å². The van der Waals surface area contributed by atoms with Crippen LogP contribution in [0, 0.1) is 11.8 Å². The van der Waals surface area contributed by atoms with Gasteiger partial charge in [-0.3, -0.25) is 4.79 Å². The first kappa shape index (κ1) is 16.5. The van der Waals surface area contributed by atoms with Gasteiger partial charge in [0.2, 0.25) is 5.91 Å². The number of nitrogens with zero attached hydrogens (tertiary/aromatic N) is 2. The highest BCUT2D eigenvalue weighted by Gasteiger charge is 2.31. The smallest absolute Gasteiger partial charge is 0.227 e. The van der Waals surface area contributed by atoms with Crippen molar-refractivity contribution >= 4 is 24.0 Å². The van der Waals surface area contributed by atoms with Gasteiger partial charge in [0.05, 0.1) is 5.69 Å². The summed E-state index contributed by atoms with van der Waals surface area (Å²) >= 11 is 0. The van der Waals surface area contributed by atoms with Gasteiger partial charge in [-0.1, -0.05) is 6.42 Å². The van der Waals surface area contributed by atoms with E-state index >= 15 is 0 Å². The van der Waals surface area contributed by atoms with Crippen molar-refractivity contribution in [2.75, 3.05) is 11.9 Å². The standard InChI is InChI=1S/C16H20N4O.ClH/c17-11-12-3-1-4-15(12)16(21)19-13-5-7-14(8-6-13)20-10-2-9-18-20;/h2,5-10,12,15H,1,3-4,11,17H2,(H,19,21);1H/t12-,15-;/m1./s1. The first-order valence-electron chi connectivity index (χ1n) is 7.39. The summed E-state index contributed by atoms with van der Waals surface area (Å²) in [6.07, 6.45) is 6.73. The largest absolute Gasteiger partial charge is 0.330 e. The lowest BCUT2D eigenvalue weighted by Crippen LogP contribution is -2.29. The lowest BCUT2D eigenvalue weighted by molar-refractivity contribution is -0.120. The van der Waals surface area contributed by atoms with Crippen LogP contribution < -0.4 is 11.1 Å². The highest BCUT2D eigenvalue weighted by atomic mass is 35.5. The predicted octanol–water partition coefficient (Wildman–Crippen LogP) is 2.61. The Balaban J connectivity index is 0.00000176. The second-order valence-electron chi connectivity index (χ2n) is 5.52. The molecule has 3 N–H and O–H groups in total. The van der Waals surface area contributed by atoms with Crippen LogP contribution in [0.4, 0.5) is 5.69 Å². The molecule has 1 saturated carbocycles. The third kappa shape index (κ3) is 3.48. The summed E-state index contributed by atoms with van der Waals surface area (Å²) in [4.78, 5) is 12.3. The van der Waals surface area contributed by atoms with E-state index in [4.69, 9.17) is 5.73 Å². The van der Waals surface area contributed by atoms with E-state index in [-0.39, 0.29) is 24.2 Å². The molecule has 0 radical (unpaired) electrons. The number of nitrogens with one attached hydrogen (secondary N) is 1. The van der Waals surface area contributed by atoms with Crippen molar-refractivity contribution in [2.45, 2.75) is 19.3 Å². The summed E-state index contributed by atoms with van der Waals surface area (Å²) in [5.41, 5.74) is 7.53. The van der Waals surface area contributed by atoms with Crippen LogP contribution in [0.1, 0.15) is 19.3 Å². The van der Waals surface area contributed by atoms with E-state index < -0.39 is 0 Å². The Morgan fingerprint density at radius 3 is 2.73 bits per heavy atom. The van der Waals surface area contributed by atoms with Crippen molar-refractivity contribution < 1.29 is 4.79 Å². The van der Waals surface area contributed by atoms with Gasteiger partial charge in [0.25, 0.3) is 0 Å². The zero-order valence-electron chi connectivity index (χ0n) is 12.3. The molecule has 1 aromatic carbocycles. The maximum Gasteiger partial charge on any atom is 0.227 e. The molecule has 0 spiro atoms. The van der Waals surface area contributed by atoms with E-state index in [1.807, 2.05) is 36.5 Å². The van der Waals surface area contributed by atoms with Gasteiger partial charge in [0.15, 0.2) is 0 Å². The van der Waals surface area contributed by atoms with E-state index in [0.29, 0.717) is 12.5 Å². The number of amides is 1. The van der Waals surface area contributed by atoms with Gasteiger partial charge in [-0.05, 0) is 55.6 Å². The monoisotopic (exact) mass is 320 g/mol. The minimum absolute atomic E-state index is 0. The average Bonchev–Trinajstić information content (AvgIpc) is 3.19. The van der Waals surface area contributed by atoms with Gasteiger partial charge in [0.1, 0.15) is 0 Å². The Labute approximate surface area is 136 Å². The van der Waals surface area contributed by atoms with Crippen molar-refractivity contribution in [3.63, 3.8) is 0 Å². The highest BCUT2D eigenvalue weighted by molar-refractivity contribution is 5.93. The second-order valence-corrected chi connectivity index (χ2v) is 5.52. The number of hydrogen-bond acceptors (Lipinski definition) is 3. The van der Waals surface area contributed by atoms with Crippen molar-refractivity contribution in [1.29, 1.82) is 0 Å². The quantitative estimate of drug-likeness (QED) is 0.909. The Morgan fingerprint density at radius 1 is 1.32 bits per heavy atom. The van der Waals surface area contributed by atoms with E-state index in [1.165, 1.54) is 0 Å². The summed E-state index contributed by atoms with van der Waals surface area (Å²) in [5, 5.41) is 7.17. The fourth-order valence-electron chi connectivity index (χ4n) is 3.02. The molecular weight excluding hydrogens is 300 g/mol. The molecule has 2 atom stereocenters. The summed E-state index contributed by atoms with van der Waals surface area (Å²) in [7, 11) is 0. The van der Waals surface area contributed by atoms with Crippen LogP contribution in [0.15, 0.2) is 42.7 Å². The average molecular weight is 321 g/mol. The summed E-state index contributed by atoms with van der Waals surface area (Å²) in [6.45, 7) is 0.594. The number of carbonyl (C=O) groups is 1. The van der Waals surface area contributed by atoms with Crippen molar-refractivity contribution in [3.05, 3.63) is 42.7 Å². The number of aromatic nitrogens is 2. The fourth-order valence-corrected chi connectivity index (χ4v) is 3.02. The molecule has 0 bridgehead atoms. The van der Waals surface area contributed by atoms with Crippen molar-refractivity contribution in [2.24, 2.45) is 17.6 Å². The molecule has 1 amide bonds. The van der Waals surface area contributed by atoms with Gasteiger partial charge in [-0.2, -0.15) is 5.10 Å². The molecule has 3 rings (SSSR count). The van der Waals surface area contributed by atoms with Gasteiger partial charge in [-0.25, -0.2) is 4.68 Å². The normalized spacial score (nSPS) is 20.4. The van der Waals surface area contributed by atoms with E-state index in [2.05, 4.69) is 10.4 Å². The molecule has 1 aliphatic rings. The maximum absolute atomic E-state index is 12.3. The fraction of sp³-hybridized carbons (Fsp3) is 0.375. The number of benzene rings is 1. The SMILES string of the molecule is Cl.NC[C@H]1CCC[C@H]1C(=O)Nc1ccc(-n2cccn2)cc1. The Hall–Kier alpha value is -1.85. The molecule has 5 nitrogen and oxygen atoms in total. The number of nitrogens with two attached hydrogens (primary N) is 1. The first-order chi connectivity index (χ1) is 10.3. The van der Waals surface area contributed by atoms with Crippen LogP contribution in [0.25, 0.3) is 5.69 Å². The molecule has 1 heterocycles. The minimum Gasteiger partial charge on any atom is -0.330 e. The van der Waals surface area contributed by atoms with Crippen LogP contribution in [-0.2, 0) is 4.79 Å². The minimum atomic E-state index is 0. The van der Waals surface area contributed by atoms with Gasteiger partial charge >= 0.3 is 0 Å².